The first kappa shape index (κ1) is 24.9. The second-order valence-electron chi connectivity index (χ2n) is 8.85. The number of carbonyl (C=O) groups is 2. The molecule has 0 aliphatic carbocycles. The third-order valence-corrected chi connectivity index (χ3v) is 6.74. The molecule has 184 valence electrons. The number of halogens is 3. The monoisotopic (exact) mass is 500 g/mol. The van der Waals surface area contributed by atoms with Crippen LogP contribution in [0.3, 0.4) is 0 Å². The molecule has 2 aromatic carbocycles. The fraction of sp³-hybridized carbons (Fsp3) is 0.346. The summed E-state index contributed by atoms with van der Waals surface area (Å²) in [5.41, 5.74) is 2.21. The molecule has 1 fully saturated rings. The number of alkyl halides is 2. The summed E-state index contributed by atoms with van der Waals surface area (Å²) in [6.45, 7) is 2.81. The molecule has 1 aliphatic heterocycles. The number of likely N-dealkylation sites (tertiary alicyclic amines) is 1. The Labute approximate surface area is 207 Å². The summed E-state index contributed by atoms with van der Waals surface area (Å²) in [6, 6.07) is 15.0. The highest BCUT2D eigenvalue weighted by molar-refractivity contribution is 6.30. The third kappa shape index (κ3) is 5.70. The summed E-state index contributed by atoms with van der Waals surface area (Å²) in [4.78, 5) is 27.0. The molecule has 1 saturated heterocycles. The van der Waals surface area contributed by atoms with Gasteiger partial charge < -0.3 is 10.2 Å². The minimum Gasteiger partial charge on any atom is -0.338 e. The summed E-state index contributed by atoms with van der Waals surface area (Å²) >= 11 is 5.92. The summed E-state index contributed by atoms with van der Waals surface area (Å²) in [7, 11) is 1.53. The number of nitrogens with one attached hydrogen (secondary N) is 1. The van der Waals surface area contributed by atoms with Gasteiger partial charge in [0.15, 0.2) is 0 Å². The predicted molar refractivity (Wildman–Crippen MR) is 131 cm³/mol. The number of piperidine rings is 1. The van der Waals surface area contributed by atoms with Gasteiger partial charge in [0.2, 0.25) is 5.91 Å². The van der Waals surface area contributed by atoms with E-state index in [0.29, 0.717) is 23.8 Å². The zero-order valence-electron chi connectivity index (χ0n) is 19.5. The molecule has 1 atom stereocenters. The minimum atomic E-state index is -2.79. The van der Waals surface area contributed by atoms with Gasteiger partial charge >= 0.3 is 0 Å². The normalized spacial score (nSPS) is 15.3. The molecule has 0 bridgehead atoms. The summed E-state index contributed by atoms with van der Waals surface area (Å²) in [6.07, 6.45) is 0.0299. The first-order valence-corrected chi connectivity index (χ1v) is 11.9. The molecule has 2 amide bonds. The number of aryl methyl sites for hydroxylation is 1. The van der Waals surface area contributed by atoms with Gasteiger partial charge in [-0.05, 0) is 61.1 Å². The van der Waals surface area contributed by atoms with Crippen LogP contribution >= 0.6 is 11.6 Å². The van der Waals surface area contributed by atoms with Crippen molar-refractivity contribution in [1.29, 1.82) is 0 Å². The van der Waals surface area contributed by atoms with Gasteiger partial charge in [-0.2, -0.15) is 5.10 Å². The summed E-state index contributed by atoms with van der Waals surface area (Å²) < 4.78 is 27.7. The Morgan fingerprint density at radius 3 is 2.29 bits per heavy atom. The molecule has 3 aromatic rings. The highest BCUT2D eigenvalue weighted by Crippen LogP contribution is 2.31. The lowest BCUT2D eigenvalue weighted by Crippen LogP contribution is -2.38. The second-order valence-corrected chi connectivity index (χ2v) is 9.29. The van der Waals surface area contributed by atoms with E-state index in [1.807, 2.05) is 43.3 Å². The van der Waals surface area contributed by atoms with Gasteiger partial charge in [0.25, 0.3) is 12.3 Å². The van der Waals surface area contributed by atoms with Gasteiger partial charge in [-0.25, -0.2) is 8.78 Å². The molecule has 1 aliphatic rings. The number of amides is 2. The van der Waals surface area contributed by atoms with Crippen molar-refractivity contribution in [1.82, 2.24) is 14.7 Å². The third-order valence-electron chi connectivity index (χ3n) is 6.49. The molecule has 2 heterocycles. The van der Waals surface area contributed by atoms with Crippen molar-refractivity contribution in [2.45, 2.75) is 38.0 Å². The lowest BCUT2D eigenvalue weighted by atomic mass is 9.89. The van der Waals surface area contributed by atoms with E-state index in [9.17, 15) is 18.4 Å². The summed E-state index contributed by atoms with van der Waals surface area (Å²) in [5, 5.41) is 7.31. The number of carbonyl (C=O) groups excluding carboxylic acids is 2. The molecule has 1 aromatic heterocycles. The molecular weight excluding hydrogens is 474 g/mol. The van der Waals surface area contributed by atoms with E-state index in [0.717, 1.165) is 24.0 Å². The van der Waals surface area contributed by atoms with Crippen LogP contribution in [0.25, 0.3) is 0 Å². The first-order valence-electron chi connectivity index (χ1n) is 11.5. The van der Waals surface area contributed by atoms with Crippen LogP contribution in [0.1, 0.15) is 65.2 Å². The molecule has 9 heteroatoms. The Morgan fingerprint density at radius 1 is 1.06 bits per heavy atom. The highest BCUT2D eigenvalue weighted by Gasteiger charge is 2.29. The largest absolute Gasteiger partial charge is 0.338 e. The number of hydrogen-bond donors (Lipinski definition) is 1. The van der Waals surface area contributed by atoms with E-state index in [1.165, 1.54) is 17.9 Å². The Morgan fingerprint density at radius 2 is 1.69 bits per heavy atom. The van der Waals surface area contributed by atoms with Crippen LogP contribution < -0.4 is 5.32 Å². The fourth-order valence-electron chi connectivity index (χ4n) is 4.41. The smallest absolute Gasteiger partial charge is 0.282 e. The predicted octanol–water partition coefficient (Wildman–Crippen LogP) is 5.77. The van der Waals surface area contributed by atoms with Gasteiger partial charge in [-0.1, -0.05) is 35.9 Å². The van der Waals surface area contributed by atoms with E-state index >= 15 is 0 Å². The van der Waals surface area contributed by atoms with Crippen LogP contribution in [0.15, 0.2) is 54.7 Å². The maximum absolute atomic E-state index is 13.2. The summed E-state index contributed by atoms with van der Waals surface area (Å²) in [5.74, 6) is -0.579. The van der Waals surface area contributed by atoms with Gasteiger partial charge in [0, 0.05) is 37.0 Å². The Hall–Kier alpha value is -3.26. The maximum Gasteiger partial charge on any atom is 0.282 e. The van der Waals surface area contributed by atoms with E-state index < -0.39 is 18.0 Å². The first-order chi connectivity index (χ1) is 16.7. The number of hydrogen-bond acceptors (Lipinski definition) is 3. The van der Waals surface area contributed by atoms with Crippen LogP contribution in [0.5, 0.6) is 0 Å². The van der Waals surface area contributed by atoms with Crippen molar-refractivity contribution in [3.05, 3.63) is 82.1 Å². The van der Waals surface area contributed by atoms with Gasteiger partial charge in [-0.3, -0.25) is 14.3 Å². The van der Waals surface area contributed by atoms with Crippen molar-refractivity contribution in [2.75, 3.05) is 18.4 Å². The van der Waals surface area contributed by atoms with Crippen LogP contribution in [0.4, 0.5) is 14.5 Å². The number of aromatic nitrogens is 2. The molecule has 6 nitrogen and oxygen atoms in total. The van der Waals surface area contributed by atoms with Gasteiger partial charge in [0.05, 0.1) is 11.5 Å². The van der Waals surface area contributed by atoms with Crippen LogP contribution in [-0.4, -0.2) is 39.6 Å². The molecule has 4 rings (SSSR count). The van der Waals surface area contributed by atoms with Crippen LogP contribution in [0.2, 0.25) is 5.02 Å². The van der Waals surface area contributed by atoms with E-state index in [1.54, 1.807) is 17.0 Å². The zero-order valence-corrected chi connectivity index (χ0v) is 20.3. The van der Waals surface area contributed by atoms with Crippen molar-refractivity contribution >= 4 is 29.1 Å². The van der Waals surface area contributed by atoms with Crippen LogP contribution in [0, 0.1) is 0 Å². The van der Waals surface area contributed by atoms with Crippen molar-refractivity contribution < 1.29 is 18.4 Å². The lowest BCUT2D eigenvalue weighted by Gasteiger charge is -2.32. The standard InChI is InChI=1S/C26H27ClF2N4O2/c1-16(17-3-7-20(27)8-4-17)25(34)30-21-9-5-18(6-10-21)19-11-13-33(14-12-19)26(35)22-15-32(2)31-23(22)24(28)29/h3-10,15-16,19,24H,11-14H2,1-2H3,(H,30,34). The number of nitrogens with zero attached hydrogens (tertiary/aromatic N) is 3. The topological polar surface area (TPSA) is 67.2 Å². The molecular formula is C26H27ClF2N4O2. The van der Waals surface area contributed by atoms with Gasteiger partial charge in [0.1, 0.15) is 5.69 Å². The second kappa shape index (κ2) is 10.6. The van der Waals surface area contributed by atoms with E-state index in [2.05, 4.69) is 10.4 Å². The highest BCUT2D eigenvalue weighted by atomic mass is 35.5. The average molecular weight is 501 g/mol. The zero-order chi connectivity index (χ0) is 25.1. The minimum absolute atomic E-state index is 0.0335. The molecule has 1 N–H and O–H groups in total. The molecule has 0 saturated carbocycles. The maximum atomic E-state index is 13.2. The number of rotatable bonds is 6. The van der Waals surface area contributed by atoms with Crippen LogP contribution in [-0.2, 0) is 11.8 Å². The Bertz CT molecular complexity index is 1190. The molecule has 1 unspecified atom stereocenters. The lowest BCUT2D eigenvalue weighted by molar-refractivity contribution is -0.117. The van der Waals surface area contributed by atoms with Crippen molar-refractivity contribution in [3.63, 3.8) is 0 Å². The van der Waals surface area contributed by atoms with Gasteiger partial charge in [-0.15, -0.1) is 0 Å². The van der Waals surface area contributed by atoms with E-state index in [4.69, 9.17) is 11.6 Å². The number of anilines is 1. The quantitative estimate of drug-likeness (QED) is 0.467. The Balaban J connectivity index is 1.33. The molecule has 35 heavy (non-hydrogen) atoms. The Kier molecular flexibility index (Phi) is 7.50. The molecule has 0 radical (unpaired) electrons. The fourth-order valence-corrected chi connectivity index (χ4v) is 4.54. The molecule has 0 spiro atoms. The van der Waals surface area contributed by atoms with Crippen molar-refractivity contribution in [3.8, 4) is 0 Å². The van der Waals surface area contributed by atoms with E-state index in [-0.39, 0.29) is 23.3 Å². The average Bonchev–Trinajstić information content (AvgIpc) is 3.26. The van der Waals surface area contributed by atoms with Crippen molar-refractivity contribution in [2.24, 2.45) is 7.05 Å². The SMILES string of the molecule is CC(C(=O)Nc1ccc(C2CCN(C(=O)c3cn(C)nc3C(F)F)CC2)cc1)c1ccc(Cl)cc1. The number of benzene rings is 2.